The van der Waals surface area contributed by atoms with Gasteiger partial charge < -0.3 is 5.11 Å². The molecule has 1 aliphatic heterocycles. The lowest BCUT2D eigenvalue weighted by atomic mass is 9.95. The van der Waals surface area contributed by atoms with E-state index in [2.05, 4.69) is 24.0 Å². The van der Waals surface area contributed by atoms with Gasteiger partial charge in [-0.1, -0.05) is 30.7 Å². The smallest absolute Gasteiger partial charge is 0.309 e. The van der Waals surface area contributed by atoms with Crippen LogP contribution in [0.15, 0.2) is 29.3 Å². The topological polar surface area (TPSA) is 80.4 Å². The number of hydrogen-bond donors (Lipinski definition) is 1. The summed E-state index contributed by atoms with van der Waals surface area (Å²) < 4.78 is 1.97. The lowest BCUT2D eigenvalue weighted by molar-refractivity contribution is -0.142. The van der Waals surface area contributed by atoms with E-state index >= 15 is 0 Å². The van der Waals surface area contributed by atoms with Gasteiger partial charge >= 0.3 is 5.97 Å². The van der Waals surface area contributed by atoms with E-state index < -0.39 is 17.9 Å². The second kappa shape index (κ2) is 7.39. The van der Waals surface area contributed by atoms with Gasteiger partial charge in [-0.15, -0.1) is 21.5 Å². The van der Waals surface area contributed by atoms with Crippen molar-refractivity contribution in [1.82, 2.24) is 14.8 Å². The number of benzene rings is 1. The van der Waals surface area contributed by atoms with Crippen LogP contribution in [-0.2, 0) is 4.79 Å². The number of thiophene rings is 1. The molecular formula is C21H21ClN4O2S. The van der Waals surface area contributed by atoms with Crippen LogP contribution in [-0.4, -0.2) is 31.6 Å². The summed E-state index contributed by atoms with van der Waals surface area (Å²) in [4.78, 5) is 18.2. The Morgan fingerprint density at radius 3 is 2.55 bits per heavy atom. The number of aryl methyl sites for hydroxylation is 2. The summed E-state index contributed by atoms with van der Waals surface area (Å²) in [7, 11) is 0. The molecule has 0 fully saturated rings. The van der Waals surface area contributed by atoms with E-state index in [1.807, 2.05) is 42.7 Å². The number of carboxylic acid groups (broad SMARTS) is 1. The summed E-state index contributed by atoms with van der Waals surface area (Å²) in [5.41, 5.74) is 3.80. The molecular weight excluding hydrogens is 408 g/mol. The molecule has 0 aliphatic carbocycles. The van der Waals surface area contributed by atoms with Crippen LogP contribution in [0.25, 0.3) is 5.00 Å². The Balaban J connectivity index is 2.07. The third-order valence-corrected chi connectivity index (χ3v) is 6.89. The van der Waals surface area contributed by atoms with E-state index in [1.54, 1.807) is 11.3 Å². The first-order valence-corrected chi connectivity index (χ1v) is 10.6. The largest absolute Gasteiger partial charge is 0.481 e. The Bertz CT molecular complexity index is 1130. The van der Waals surface area contributed by atoms with Crippen LogP contribution < -0.4 is 0 Å². The van der Waals surface area contributed by atoms with Gasteiger partial charge in [0.1, 0.15) is 16.9 Å². The highest BCUT2D eigenvalue weighted by Gasteiger charge is 2.37. The van der Waals surface area contributed by atoms with Crippen molar-refractivity contribution in [2.45, 2.75) is 40.2 Å². The summed E-state index contributed by atoms with van der Waals surface area (Å²) in [6.07, 6.45) is 0.439. The molecule has 6 nitrogen and oxygen atoms in total. The zero-order valence-electron chi connectivity index (χ0n) is 16.6. The van der Waals surface area contributed by atoms with Gasteiger partial charge in [-0.3, -0.25) is 14.4 Å². The number of aliphatic carboxylic acids is 1. The quantitative estimate of drug-likeness (QED) is 0.640. The first kappa shape index (κ1) is 19.8. The fourth-order valence-electron chi connectivity index (χ4n) is 3.76. The molecule has 4 rings (SSSR count). The highest BCUT2D eigenvalue weighted by molar-refractivity contribution is 7.15. The molecule has 0 bridgehead atoms. The van der Waals surface area contributed by atoms with Gasteiger partial charge in [0.05, 0.1) is 11.6 Å². The molecule has 2 atom stereocenters. The normalized spacial score (nSPS) is 16.6. The predicted octanol–water partition coefficient (Wildman–Crippen LogP) is 4.91. The zero-order chi connectivity index (χ0) is 20.9. The van der Waals surface area contributed by atoms with E-state index in [-0.39, 0.29) is 0 Å². The van der Waals surface area contributed by atoms with Crippen molar-refractivity contribution in [2.75, 3.05) is 0 Å². The molecule has 8 heteroatoms. The highest BCUT2D eigenvalue weighted by atomic mass is 35.5. The van der Waals surface area contributed by atoms with Crippen molar-refractivity contribution in [2.24, 2.45) is 10.9 Å². The van der Waals surface area contributed by atoms with Gasteiger partial charge in [0.15, 0.2) is 5.82 Å². The van der Waals surface area contributed by atoms with Gasteiger partial charge in [0.25, 0.3) is 0 Å². The molecule has 2 aromatic heterocycles. The van der Waals surface area contributed by atoms with Crippen molar-refractivity contribution in [3.8, 4) is 5.00 Å². The Morgan fingerprint density at radius 2 is 1.93 bits per heavy atom. The number of carboxylic acids is 1. The third-order valence-electron chi connectivity index (χ3n) is 5.45. The summed E-state index contributed by atoms with van der Waals surface area (Å²) >= 11 is 7.75. The van der Waals surface area contributed by atoms with Gasteiger partial charge in [-0.05, 0) is 44.9 Å². The monoisotopic (exact) mass is 428 g/mol. The maximum Gasteiger partial charge on any atom is 0.309 e. The third kappa shape index (κ3) is 3.18. The Hall–Kier alpha value is -2.51. The summed E-state index contributed by atoms with van der Waals surface area (Å²) in [5, 5.41) is 20.1. The molecule has 0 spiro atoms. The SMILES string of the molecule is CC[C@H](C(=O)O)C1N=C(c2ccc(Cl)cc2)c2c(sc(C)c2C)-n2c(C)nnc21. The van der Waals surface area contributed by atoms with Crippen LogP contribution in [0.5, 0.6) is 0 Å². The predicted molar refractivity (Wildman–Crippen MR) is 115 cm³/mol. The molecule has 29 heavy (non-hydrogen) atoms. The van der Waals surface area contributed by atoms with Crippen LogP contribution in [0.3, 0.4) is 0 Å². The fraction of sp³-hybridized carbons (Fsp3) is 0.333. The lowest BCUT2D eigenvalue weighted by Gasteiger charge is -2.18. The number of rotatable bonds is 4. The van der Waals surface area contributed by atoms with Crippen molar-refractivity contribution in [3.05, 3.63) is 62.5 Å². The average molecular weight is 429 g/mol. The van der Waals surface area contributed by atoms with E-state index in [4.69, 9.17) is 16.6 Å². The lowest BCUT2D eigenvalue weighted by Crippen LogP contribution is -2.23. The minimum absolute atomic E-state index is 0.439. The summed E-state index contributed by atoms with van der Waals surface area (Å²) in [6.45, 7) is 7.90. The summed E-state index contributed by atoms with van der Waals surface area (Å²) in [5.74, 6) is -0.291. The van der Waals surface area contributed by atoms with Gasteiger partial charge in [0.2, 0.25) is 0 Å². The first-order chi connectivity index (χ1) is 13.8. The van der Waals surface area contributed by atoms with Gasteiger partial charge in [-0.25, -0.2) is 0 Å². The molecule has 3 heterocycles. The Labute approximate surface area is 177 Å². The minimum Gasteiger partial charge on any atom is -0.481 e. The average Bonchev–Trinajstić information content (AvgIpc) is 3.14. The van der Waals surface area contributed by atoms with Crippen LogP contribution in [0.2, 0.25) is 5.02 Å². The molecule has 1 unspecified atom stereocenters. The molecule has 1 N–H and O–H groups in total. The van der Waals surface area contributed by atoms with Crippen molar-refractivity contribution in [1.29, 1.82) is 0 Å². The molecule has 0 saturated carbocycles. The maximum absolute atomic E-state index is 12.0. The zero-order valence-corrected chi connectivity index (χ0v) is 18.2. The van der Waals surface area contributed by atoms with Crippen LogP contribution in [0.4, 0.5) is 0 Å². The van der Waals surface area contributed by atoms with Crippen molar-refractivity contribution in [3.63, 3.8) is 0 Å². The van der Waals surface area contributed by atoms with E-state index in [9.17, 15) is 9.90 Å². The van der Waals surface area contributed by atoms with Gasteiger partial charge in [-0.2, -0.15) is 0 Å². The van der Waals surface area contributed by atoms with Gasteiger partial charge in [0, 0.05) is 21.0 Å². The van der Waals surface area contributed by atoms with Crippen LogP contribution in [0, 0.1) is 26.7 Å². The van der Waals surface area contributed by atoms with Crippen LogP contribution in [0.1, 0.15) is 52.6 Å². The number of aliphatic imine (C=N–C) groups is 1. The first-order valence-electron chi connectivity index (χ1n) is 9.42. The Morgan fingerprint density at radius 1 is 1.24 bits per heavy atom. The Kier molecular flexibility index (Phi) is 5.04. The number of carbonyl (C=O) groups is 1. The fourth-order valence-corrected chi connectivity index (χ4v) is 5.10. The minimum atomic E-state index is -0.887. The molecule has 3 aromatic rings. The second-order valence-electron chi connectivity index (χ2n) is 7.19. The van der Waals surface area contributed by atoms with E-state index in [0.717, 1.165) is 33.2 Å². The molecule has 150 valence electrons. The summed E-state index contributed by atoms with van der Waals surface area (Å²) in [6, 6.07) is 6.87. The number of fused-ring (bicyclic) bond motifs is 3. The standard InChI is InChI=1S/C21H21ClN4O2S/c1-5-15(21(27)28)18-19-25-24-12(4)26(19)20-16(10(2)11(3)29-20)17(23-18)13-6-8-14(22)9-7-13/h6-9,15,18H,5H2,1-4H3,(H,27,28)/t15-,18?/m0/s1. The number of nitrogens with zero attached hydrogens (tertiary/aromatic N) is 4. The molecule has 1 aliphatic rings. The number of halogens is 1. The van der Waals surface area contributed by atoms with E-state index in [0.29, 0.717) is 17.3 Å². The molecule has 1 aromatic carbocycles. The highest BCUT2D eigenvalue weighted by Crippen LogP contribution is 2.41. The molecule has 0 radical (unpaired) electrons. The molecule has 0 saturated heterocycles. The second-order valence-corrected chi connectivity index (χ2v) is 8.83. The number of aromatic nitrogens is 3. The van der Waals surface area contributed by atoms with E-state index in [1.165, 1.54) is 4.88 Å². The van der Waals surface area contributed by atoms with Crippen molar-refractivity contribution < 1.29 is 9.90 Å². The number of hydrogen-bond acceptors (Lipinski definition) is 5. The maximum atomic E-state index is 12.0. The van der Waals surface area contributed by atoms with Crippen molar-refractivity contribution >= 4 is 34.6 Å². The van der Waals surface area contributed by atoms with Crippen LogP contribution >= 0.6 is 22.9 Å². The molecule has 0 amide bonds.